The highest BCUT2D eigenvalue weighted by atomic mass is 35.5. The van der Waals surface area contributed by atoms with Crippen molar-refractivity contribution in [3.63, 3.8) is 0 Å². The van der Waals surface area contributed by atoms with E-state index in [1.807, 2.05) is 23.0 Å². The summed E-state index contributed by atoms with van der Waals surface area (Å²) in [5, 5.41) is 4.92. The topological polar surface area (TPSA) is 68.8 Å². The van der Waals surface area contributed by atoms with E-state index >= 15 is 0 Å². The van der Waals surface area contributed by atoms with E-state index < -0.39 is 5.82 Å². The molecule has 7 nitrogen and oxygen atoms in total. The molecule has 0 aliphatic carbocycles. The zero-order valence-corrected chi connectivity index (χ0v) is 17.8. The van der Waals surface area contributed by atoms with Gasteiger partial charge in [-0.3, -0.25) is 14.0 Å². The fraction of sp³-hybridized carbons (Fsp3) is 0.273. The molecule has 1 saturated heterocycles. The van der Waals surface area contributed by atoms with E-state index in [1.165, 1.54) is 10.6 Å². The molecule has 1 aliphatic heterocycles. The summed E-state index contributed by atoms with van der Waals surface area (Å²) in [4.78, 5) is 24.5. The average molecular weight is 439 g/mol. The molecule has 0 unspecified atom stereocenters. The summed E-state index contributed by atoms with van der Waals surface area (Å²) in [6, 6.07) is 8.32. The zero-order chi connectivity index (χ0) is 21.7. The van der Waals surface area contributed by atoms with Crippen LogP contribution in [0.15, 0.2) is 47.5 Å². The zero-order valence-electron chi connectivity index (χ0n) is 17.1. The van der Waals surface area contributed by atoms with Gasteiger partial charge in [-0.25, -0.2) is 14.4 Å². The summed E-state index contributed by atoms with van der Waals surface area (Å²) in [6.45, 7) is 3.26. The number of aryl methyl sites for hydroxylation is 1. The van der Waals surface area contributed by atoms with Gasteiger partial charge in [0.1, 0.15) is 17.5 Å². The molecular formula is C22H20ClFN6O. The van der Waals surface area contributed by atoms with E-state index in [-0.39, 0.29) is 27.9 Å². The molecule has 0 bridgehead atoms. The predicted molar refractivity (Wildman–Crippen MR) is 118 cm³/mol. The van der Waals surface area contributed by atoms with Crippen molar-refractivity contribution in [1.29, 1.82) is 0 Å². The van der Waals surface area contributed by atoms with E-state index in [9.17, 15) is 9.18 Å². The van der Waals surface area contributed by atoms with Crippen LogP contribution in [0.5, 0.6) is 0 Å². The smallest absolute Gasteiger partial charge is 0.263 e. The standard InChI is InChI=1S/C22H20ClFN6O/c1-13-26-18-11-19(29-9-6-15(12-29)30-8-3-7-25-30)27-21(20(18)22(31)28(13)2)16-5-4-14(23)10-17(16)24/h3-5,7-8,10-11,15H,6,9,12H2,1-2H3/t15-/m0/s1. The molecule has 0 radical (unpaired) electrons. The van der Waals surface area contributed by atoms with Crippen molar-refractivity contribution < 1.29 is 4.39 Å². The fourth-order valence-corrected chi connectivity index (χ4v) is 4.24. The number of aromatic nitrogens is 5. The van der Waals surface area contributed by atoms with E-state index in [4.69, 9.17) is 16.6 Å². The molecule has 0 N–H and O–H groups in total. The third-order valence-electron chi connectivity index (χ3n) is 5.84. The SMILES string of the molecule is Cc1nc2cc(N3CC[C@H](n4cccn4)C3)nc(-c3ccc(Cl)cc3F)c2c(=O)n1C. The van der Waals surface area contributed by atoms with Gasteiger partial charge in [0.25, 0.3) is 5.56 Å². The van der Waals surface area contributed by atoms with Gasteiger partial charge in [-0.2, -0.15) is 5.10 Å². The first kappa shape index (κ1) is 19.7. The normalized spacial score (nSPS) is 16.4. The number of anilines is 1. The van der Waals surface area contributed by atoms with Gasteiger partial charge in [0, 0.05) is 49.2 Å². The van der Waals surface area contributed by atoms with Gasteiger partial charge in [-0.1, -0.05) is 11.6 Å². The second kappa shape index (κ2) is 7.46. The Hall–Kier alpha value is -3.26. The Morgan fingerprint density at radius 3 is 2.81 bits per heavy atom. The highest BCUT2D eigenvalue weighted by molar-refractivity contribution is 6.30. The van der Waals surface area contributed by atoms with E-state index in [0.29, 0.717) is 29.1 Å². The second-order valence-electron chi connectivity index (χ2n) is 7.75. The summed E-state index contributed by atoms with van der Waals surface area (Å²) in [5.74, 6) is 0.705. The maximum Gasteiger partial charge on any atom is 0.263 e. The lowest BCUT2D eigenvalue weighted by Gasteiger charge is -2.20. The van der Waals surface area contributed by atoms with Crippen LogP contribution >= 0.6 is 11.6 Å². The van der Waals surface area contributed by atoms with Crippen molar-refractivity contribution in [2.75, 3.05) is 18.0 Å². The first-order chi connectivity index (χ1) is 14.9. The summed E-state index contributed by atoms with van der Waals surface area (Å²) < 4.78 is 18.2. The van der Waals surface area contributed by atoms with Gasteiger partial charge < -0.3 is 4.90 Å². The molecule has 0 spiro atoms. The van der Waals surface area contributed by atoms with Crippen LogP contribution in [-0.4, -0.2) is 37.4 Å². The van der Waals surface area contributed by atoms with Crippen molar-refractivity contribution in [3.05, 3.63) is 69.7 Å². The van der Waals surface area contributed by atoms with Crippen molar-refractivity contribution in [3.8, 4) is 11.3 Å². The Morgan fingerprint density at radius 2 is 2.06 bits per heavy atom. The predicted octanol–water partition coefficient (Wildman–Crippen LogP) is 3.74. The minimum Gasteiger partial charge on any atom is -0.354 e. The molecule has 0 amide bonds. The van der Waals surface area contributed by atoms with Crippen LogP contribution in [0.2, 0.25) is 5.02 Å². The minimum atomic E-state index is -0.531. The summed E-state index contributed by atoms with van der Waals surface area (Å²) in [5.41, 5.74) is 0.735. The molecule has 1 atom stereocenters. The third-order valence-corrected chi connectivity index (χ3v) is 6.08. The summed E-state index contributed by atoms with van der Waals surface area (Å²) >= 11 is 5.94. The molecule has 1 aliphatic rings. The number of fused-ring (bicyclic) bond motifs is 1. The number of benzene rings is 1. The Bertz CT molecular complexity index is 1350. The molecule has 4 aromatic rings. The number of nitrogens with zero attached hydrogens (tertiary/aromatic N) is 6. The third kappa shape index (κ3) is 3.37. The van der Waals surface area contributed by atoms with Gasteiger partial charge >= 0.3 is 0 Å². The Kier molecular flexibility index (Phi) is 4.74. The summed E-state index contributed by atoms with van der Waals surface area (Å²) in [7, 11) is 1.65. The first-order valence-corrected chi connectivity index (χ1v) is 10.4. The van der Waals surface area contributed by atoms with Crippen LogP contribution in [-0.2, 0) is 7.05 Å². The molecule has 9 heteroatoms. The molecule has 1 fully saturated rings. The quantitative estimate of drug-likeness (QED) is 0.487. The van der Waals surface area contributed by atoms with Gasteiger partial charge in [0.15, 0.2) is 0 Å². The van der Waals surface area contributed by atoms with Crippen LogP contribution in [0.1, 0.15) is 18.3 Å². The number of hydrogen-bond donors (Lipinski definition) is 0. The number of hydrogen-bond acceptors (Lipinski definition) is 5. The maximum absolute atomic E-state index is 14.9. The lowest BCUT2D eigenvalue weighted by molar-refractivity contribution is 0.494. The lowest BCUT2D eigenvalue weighted by Crippen LogP contribution is -2.25. The Balaban J connectivity index is 1.69. The van der Waals surface area contributed by atoms with E-state index in [0.717, 1.165) is 13.0 Å². The second-order valence-corrected chi connectivity index (χ2v) is 8.18. The molecule has 5 rings (SSSR count). The van der Waals surface area contributed by atoms with Gasteiger partial charge in [0.2, 0.25) is 0 Å². The van der Waals surface area contributed by atoms with Crippen molar-refractivity contribution in [2.45, 2.75) is 19.4 Å². The average Bonchev–Trinajstić information content (AvgIpc) is 3.43. The number of pyridine rings is 1. The molecule has 3 aromatic heterocycles. The molecular weight excluding hydrogens is 419 g/mol. The van der Waals surface area contributed by atoms with E-state index in [2.05, 4.69) is 15.0 Å². The van der Waals surface area contributed by atoms with Crippen LogP contribution in [0.25, 0.3) is 22.2 Å². The highest BCUT2D eigenvalue weighted by Gasteiger charge is 2.27. The van der Waals surface area contributed by atoms with Gasteiger partial charge in [-0.05, 0) is 37.6 Å². The Morgan fingerprint density at radius 1 is 1.23 bits per heavy atom. The van der Waals surface area contributed by atoms with Crippen molar-refractivity contribution in [1.82, 2.24) is 24.3 Å². The minimum absolute atomic E-state index is 0.224. The van der Waals surface area contributed by atoms with Crippen LogP contribution in [0.3, 0.4) is 0 Å². The monoisotopic (exact) mass is 438 g/mol. The molecule has 1 aromatic carbocycles. The maximum atomic E-state index is 14.9. The Labute approximate surface area is 182 Å². The molecule has 0 saturated carbocycles. The van der Waals surface area contributed by atoms with Crippen molar-refractivity contribution in [2.24, 2.45) is 7.05 Å². The number of rotatable bonds is 3. The van der Waals surface area contributed by atoms with Crippen molar-refractivity contribution >= 4 is 28.3 Å². The lowest BCUT2D eigenvalue weighted by atomic mass is 10.1. The molecule has 158 valence electrons. The summed E-state index contributed by atoms with van der Waals surface area (Å²) in [6.07, 6.45) is 4.63. The van der Waals surface area contributed by atoms with Crippen LogP contribution in [0, 0.1) is 12.7 Å². The van der Waals surface area contributed by atoms with Gasteiger partial charge in [0.05, 0.1) is 22.6 Å². The molecule has 31 heavy (non-hydrogen) atoms. The van der Waals surface area contributed by atoms with Crippen LogP contribution in [0.4, 0.5) is 10.2 Å². The largest absolute Gasteiger partial charge is 0.354 e. The first-order valence-electron chi connectivity index (χ1n) is 10.0. The van der Waals surface area contributed by atoms with Crippen LogP contribution < -0.4 is 10.5 Å². The fourth-order valence-electron chi connectivity index (χ4n) is 4.08. The number of halogens is 2. The van der Waals surface area contributed by atoms with Gasteiger partial charge in [-0.15, -0.1) is 0 Å². The highest BCUT2D eigenvalue weighted by Crippen LogP contribution is 2.33. The molecule has 4 heterocycles. The van der Waals surface area contributed by atoms with E-state index in [1.54, 1.807) is 32.3 Å².